The minimum atomic E-state index is -0.974. The molecule has 0 amide bonds. The molecule has 1 aromatic heterocycles. The van der Waals surface area contributed by atoms with Gasteiger partial charge in [0.15, 0.2) is 0 Å². The molecule has 0 aliphatic heterocycles. The van der Waals surface area contributed by atoms with E-state index in [2.05, 4.69) is 21.0 Å². The van der Waals surface area contributed by atoms with Crippen LogP contribution < -0.4 is 0 Å². The molecular formula is C11H9BrN2O2. The van der Waals surface area contributed by atoms with Gasteiger partial charge in [-0.1, -0.05) is 28.1 Å². The van der Waals surface area contributed by atoms with Gasteiger partial charge in [-0.05, 0) is 18.2 Å². The first-order chi connectivity index (χ1) is 7.58. The second kappa shape index (κ2) is 4.09. The lowest BCUT2D eigenvalue weighted by Crippen LogP contribution is -2.04. The molecule has 4 nitrogen and oxygen atoms in total. The van der Waals surface area contributed by atoms with Crippen molar-refractivity contribution in [1.82, 2.24) is 9.78 Å². The van der Waals surface area contributed by atoms with E-state index in [9.17, 15) is 4.79 Å². The van der Waals surface area contributed by atoms with Gasteiger partial charge in [-0.25, -0.2) is 4.79 Å². The van der Waals surface area contributed by atoms with Crippen LogP contribution in [0.4, 0.5) is 0 Å². The van der Waals surface area contributed by atoms with E-state index in [1.54, 1.807) is 13.1 Å². The summed E-state index contributed by atoms with van der Waals surface area (Å²) in [6.07, 6.45) is 0. The van der Waals surface area contributed by atoms with Gasteiger partial charge in [0.1, 0.15) is 5.69 Å². The third kappa shape index (κ3) is 1.99. The molecule has 82 valence electrons. The number of hydrogen-bond donors (Lipinski definition) is 1. The Morgan fingerprint density at radius 3 is 2.50 bits per heavy atom. The summed E-state index contributed by atoms with van der Waals surface area (Å²) in [5.74, 6) is -0.974. The van der Waals surface area contributed by atoms with E-state index >= 15 is 0 Å². The highest BCUT2D eigenvalue weighted by molar-refractivity contribution is 9.10. The van der Waals surface area contributed by atoms with Gasteiger partial charge in [-0.15, -0.1) is 0 Å². The minimum Gasteiger partial charge on any atom is -0.477 e. The molecule has 0 saturated carbocycles. The van der Waals surface area contributed by atoms with Crippen LogP contribution in [0.15, 0.2) is 34.8 Å². The summed E-state index contributed by atoms with van der Waals surface area (Å²) in [5, 5.41) is 13.1. The maximum atomic E-state index is 10.9. The predicted molar refractivity (Wildman–Crippen MR) is 63.3 cm³/mol. The van der Waals surface area contributed by atoms with Crippen LogP contribution in [0.1, 0.15) is 10.5 Å². The molecule has 0 aliphatic rings. The summed E-state index contributed by atoms with van der Waals surface area (Å²) in [4.78, 5) is 10.9. The molecular weight excluding hydrogens is 272 g/mol. The third-order valence-corrected chi connectivity index (χ3v) is 2.77. The van der Waals surface area contributed by atoms with E-state index in [0.717, 1.165) is 10.0 Å². The van der Waals surface area contributed by atoms with Gasteiger partial charge in [0, 0.05) is 17.1 Å². The number of halogens is 1. The fourth-order valence-electron chi connectivity index (χ4n) is 1.43. The van der Waals surface area contributed by atoms with Crippen LogP contribution in [-0.4, -0.2) is 20.9 Å². The van der Waals surface area contributed by atoms with E-state index in [4.69, 9.17) is 5.11 Å². The van der Waals surface area contributed by atoms with Crippen LogP contribution in [0.2, 0.25) is 0 Å². The first kappa shape index (κ1) is 10.9. The minimum absolute atomic E-state index is 0.179. The maximum Gasteiger partial charge on any atom is 0.354 e. The number of aryl methyl sites for hydroxylation is 1. The first-order valence-corrected chi connectivity index (χ1v) is 5.40. The van der Waals surface area contributed by atoms with Crippen molar-refractivity contribution in [1.29, 1.82) is 0 Å². The second-order valence-corrected chi connectivity index (χ2v) is 4.27. The highest BCUT2D eigenvalue weighted by Gasteiger charge is 2.12. The van der Waals surface area contributed by atoms with Crippen LogP contribution in [-0.2, 0) is 7.05 Å². The van der Waals surface area contributed by atoms with Crippen LogP contribution in [0.3, 0.4) is 0 Å². The normalized spacial score (nSPS) is 10.4. The average Bonchev–Trinajstić information content (AvgIpc) is 2.61. The van der Waals surface area contributed by atoms with Crippen LogP contribution in [0.5, 0.6) is 0 Å². The number of hydrogen-bond acceptors (Lipinski definition) is 2. The second-order valence-electron chi connectivity index (χ2n) is 3.35. The van der Waals surface area contributed by atoms with Crippen molar-refractivity contribution in [3.05, 3.63) is 40.5 Å². The molecule has 16 heavy (non-hydrogen) atoms. The number of benzene rings is 1. The molecule has 0 radical (unpaired) electrons. The van der Waals surface area contributed by atoms with Gasteiger partial charge in [0.2, 0.25) is 0 Å². The molecule has 0 aliphatic carbocycles. The molecule has 0 atom stereocenters. The van der Waals surface area contributed by atoms with Crippen molar-refractivity contribution in [3.63, 3.8) is 0 Å². The first-order valence-electron chi connectivity index (χ1n) is 4.61. The monoisotopic (exact) mass is 280 g/mol. The molecule has 1 heterocycles. The zero-order valence-electron chi connectivity index (χ0n) is 8.51. The van der Waals surface area contributed by atoms with E-state index in [1.165, 1.54) is 4.68 Å². The van der Waals surface area contributed by atoms with Gasteiger partial charge in [-0.3, -0.25) is 4.68 Å². The van der Waals surface area contributed by atoms with Gasteiger partial charge in [0.05, 0.1) is 5.69 Å². The molecule has 0 fully saturated rings. The van der Waals surface area contributed by atoms with Gasteiger partial charge < -0.3 is 5.11 Å². The average molecular weight is 281 g/mol. The zero-order chi connectivity index (χ0) is 11.7. The van der Waals surface area contributed by atoms with Crippen molar-refractivity contribution < 1.29 is 9.90 Å². The number of carbonyl (C=O) groups is 1. The number of rotatable bonds is 2. The molecule has 2 aromatic rings. The van der Waals surface area contributed by atoms with Crippen molar-refractivity contribution in [2.45, 2.75) is 0 Å². The van der Waals surface area contributed by atoms with Crippen molar-refractivity contribution >= 4 is 21.9 Å². The Morgan fingerprint density at radius 2 is 2.00 bits per heavy atom. The summed E-state index contributed by atoms with van der Waals surface area (Å²) in [6.45, 7) is 0. The van der Waals surface area contributed by atoms with Crippen LogP contribution in [0.25, 0.3) is 11.3 Å². The summed E-state index contributed by atoms with van der Waals surface area (Å²) in [5.41, 5.74) is 1.73. The fourth-order valence-corrected chi connectivity index (χ4v) is 1.69. The highest BCUT2D eigenvalue weighted by atomic mass is 79.9. The predicted octanol–water partition coefficient (Wildman–Crippen LogP) is 2.55. The smallest absolute Gasteiger partial charge is 0.354 e. The lowest BCUT2D eigenvalue weighted by Gasteiger charge is -1.95. The maximum absolute atomic E-state index is 10.9. The molecule has 5 heteroatoms. The fraction of sp³-hybridized carbons (Fsp3) is 0.0909. The Labute approximate surface area is 101 Å². The molecule has 0 unspecified atom stereocenters. The van der Waals surface area contributed by atoms with E-state index in [0.29, 0.717) is 5.69 Å². The molecule has 0 saturated heterocycles. The van der Waals surface area contributed by atoms with Crippen molar-refractivity contribution in [2.75, 3.05) is 0 Å². The Bertz CT molecular complexity index is 531. The summed E-state index contributed by atoms with van der Waals surface area (Å²) in [6, 6.07) is 9.12. The number of nitrogens with zero attached hydrogens (tertiary/aromatic N) is 2. The number of aromatic carboxylic acids is 1. The van der Waals surface area contributed by atoms with E-state index in [1.807, 2.05) is 24.3 Å². The Kier molecular flexibility index (Phi) is 2.78. The molecule has 0 bridgehead atoms. The highest BCUT2D eigenvalue weighted by Crippen LogP contribution is 2.21. The molecule has 1 N–H and O–H groups in total. The molecule has 2 rings (SSSR count). The molecule has 1 aromatic carbocycles. The Hall–Kier alpha value is -1.62. The van der Waals surface area contributed by atoms with Gasteiger partial charge in [-0.2, -0.15) is 5.10 Å². The number of carboxylic acids is 1. The van der Waals surface area contributed by atoms with Gasteiger partial charge in [0.25, 0.3) is 0 Å². The summed E-state index contributed by atoms with van der Waals surface area (Å²) in [7, 11) is 1.62. The standard InChI is InChI=1S/C11H9BrN2O2/c1-14-10(11(15)16)6-9(13-14)7-2-4-8(12)5-3-7/h2-6H,1H3,(H,15,16). The Balaban J connectivity index is 2.45. The SMILES string of the molecule is Cn1nc(-c2ccc(Br)cc2)cc1C(=O)O. The largest absolute Gasteiger partial charge is 0.477 e. The number of carboxylic acid groups (broad SMARTS) is 1. The van der Waals surface area contributed by atoms with Gasteiger partial charge >= 0.3 is 5.97 Å². The lowest BCUT2D eigenvalue weighted by molar-refractivity contribution is 0.0685. The van der Waals surface area contributed by atoms with Crippen LogP contribution in [0, 0.1) is 0 Å². The molecule has 0 spiro atoms. The summed E-state index contributed by atoms with van der Waals surface area (Å²) >= 11 is 3.34. The van der Waals surface area contributed by atoms with E-state index < -0.39 is 5.97 Å². The Morgan fingerprint density at radius 1 is 1.38 bits per heavy atom. The van der Waals surface area contributed by atoms with Crippen molar-refractivity contribution in [3.8, 4) is 11.3 Å². The topological polar surface area (TPSA) is 55.1 Å². The third-order valence-electron chi connectivity index (χ3n) is 2.24. The van der Waals surface area contributed by atoms with Crippen molar-refractivity contribution in [2.24, 2.45) is 7.05 Å². The summed E-state index contributed by atoms with van der Waals surface area (Å²) < 4.78 is 2.34. The van der Waals surface area contributed by atoms with E-state index in [-0.39, 0.29) is 5.69 Å². The quantitative estimate of drug-likeness (QED) is 0.920. The van der Waals surface area contributed by atoms with Crippen LogP contribution >= 0.6 is 15.9 Å². The lowest BCUT2D eigenvalue weighted by atomic mass is 10.1. The number of aromatic nitrogens is 2. The zero-order valence-corrected chi connectivity index (χ0v) is 10.1.